The first kappa shape index (κ1) is 13.6. The molecule has 1 aliphatic heterocycles. The van der Waals surface area contributed by atoms with E-state index >= 15 is 0 Å². The van der Waals surface area contributed by atoms with E-state index in [0.717, 1.165) is 5.39 Å². The number of amides is 1. The third-order valence-electron chi connectivity index (χ3n) is 4.09. The molecule has 3 rings (SSSR count). The highest BCUT2D eigenvalue weighted by molar-refractivity contribution is 6.04. The number of carbonyl (C=O) groups is 2. The lowest BCUT2D eigenvalue weighted by Gasteiger charge is -2.30. The summed E-state index contributed by atoms with van der Waals surface area (Å²) in [5.74, 6) is -0.132. The maximum Gasteiger partial charge on any atom is 0.257 e. The van der Waals surface area contributed by atoms with Gasteiger partial charge in [-0.2, -0.15) is 0 Å². The summed E-state index contributed by atoms with van der Waals surface area (Å²) in [5, 5.41) is 11.9. The summed E-state index contributed by atoms with van der Waals surface area (Å²) in [6.45, 7) is 2.68. The van der Waals surface area contributed by atoms with Gasteiger partial charge in [0.2, 0.25) is 0 Å². The first-order valence-corrected chi connectivity index (χ1v) is 7.10. The van der Waals surface area contributed by atoms with Gasteiger partial charge < -0.3 is 10.0 Å². The number of ketones is 1. The predicted octanol–water partition coefficient (Wildman–Crippen LogP) is 2.60. The van der Waals surface area contributed by atoms with Crippen LogP contribution in [-0.2, 0) is 4.79 Å². The molecule has 1 saturated heterocycles. The number of piperidine rings is 1. The molecule has 0 saturated carbocycles. The van der Waals surface area contributed by atoms with Crippen molar-refractivity contribution < 1.29 is 14.7 Å². The molecule has 2 aromatic carbocycles. The number of fused-ring (bicyclic) bond motifs is 1. The second kappa shape index (κ2) is 5.20. The SMILES string of the molecule is C[C@H]1CN(C(=O)c2ccc3ccccc3c2O)CCC1=O. The Morgan fingerprint density at radius 3 is 2.76 bits per heavy atom. The summed E-state index contributed by atoms with van der Waals surface area (Å²) < 4.78 is 0. The number of hydrogen-bond donors (Lipinski definition) is 1. The van der Waals surface area contributed by atoms with Crippen LogP contribution >= 0.6 is 0 Å². The molecule has 1 N–H and O–H groups in total. The lowest BCUT2D eigenvalue weighted by molar-refractivity contribution is -0.124. The molecular weight excluding hydrogens is 266 g/mol. The fourth-order valence-corrected chi connectivity index (χ4v) is 2.80. The summed E-state index contributed by atoms with van der Waals surface area (Å²) in [4.78, 5) is 25.8. The molecule has 0 unspecified atom stereocenters. The van der Waals surface area contributed by atoms with E-state index in [9.17, 15) is 14.7 Å². The fraction of sp³-hybridized carbons (Fsp3) is 0.294. The maximum absolute atomic E-state index is 12.6. The quantitative estimate of drug-likeness (QED) is 0.875. The highest BCUT2D eigenvalue weighted by atomic mass is 16.3. The first-order valence-electron chi connectivity index (χ1n) is 7.10. The van der Waals surface area contributed by atoms with Gasteiger partial charge in [-0.25, -0.2) is 0 Å². The molecule has 0 bridgehead atoms. The van der Waals surface area contributed by atoms with Crippen molar-refractivity contribution in [1.82, 2.24) is 4.90 Å². The van der Waals surface area contributed by atoms with Gasteiger partial charge in [-0.1, -0.05) is 37.3 Å². The minimum Gasteiger partial charge on any atom is -0.506 e. The van der Waals surface area contributed by atoms with Crippen LogP contribution in [0.1, 0.15) is 23.7 Å². The number of nitrogens with zero attached hydrogens (tertiary/aromatic N) is 1. The molecule has 1 fully saturated rings. The van der Waals surface area contributed by atoms with Crippen LogP contribution in [0.5, 0.6) is 5.75 Å². The van der Waals surface area contributed by atoms with Crippen LogP contribution in [0, 0.1) is 5.92 Å². The van der Waals surface area contributed by atoms with Crippen LogP contribution in [0.4, 0.5) is 0 Å². The number of hydrogen-bond acceptors (Lipinski definition) is 3. The molecule has 4 heteroatoms. The van der Waals surface area contributed by atoms with Crippen molar-refractivity contribution in [2.24, 2.45) is 5.92 Å². The van der Waals surface area contributed by atoms with E-state index in [1.807, 2.05) is 31.2 Å². The number of benzene rings is 2. The average Bonchev–Trinajstić information content (AvgIpc) is 2.50. The summed E-state index contributed by atoms with van der Waals surface area (Å²) in [5.41, 5.74) is 0.301. The molecule has 1 aliphatic rings. The third kappa shape index (κ3) is 2.37. The predicted molar refractivity (Wildman–Crippen MR) is 80.3 cm³/mol. The van der Waals surface area contributed by atoms with Gasteiger partial charge in [-0.05, 0) is 11.5 Å². The second-order valence-electron chi connectivity index (χ2n) is 5.55. The zero-order valence-electron chi connectivity index (χ0n) is 11.9. The molecular formula is C17H17NO3. The number of aromatic hydroxyl groups is 1. The van der Waals surface area contributed by atoms with Gasteiger partial charge in [-0.15, -0.1) is 0 Å². The van der Waals surface area contributed by atoms with Crippen LogP contribution in [0.2, 0.25) is 0 Å². The fourth-order valence-electron chi connectivity index (χ4n) is 2.80. The Kier molecular flexibility index (Phi) is 3.37. The van der Waals surface area contributed by atoms with Crippen molar-refractivity contribution >= 4 is 22.5 Å². The van der Waals surface area contributed by atoms with Gasteiger partial charge >= 0.3 is 0 Å². The summed E-state index contributed by atoms with van der Waals surface area (Å²) in [6.07, 6.45) is 0.390. The van der Waals surface area contributed by atoms with Gasteiger partial charge in [0.15, 0.2) is 0 Å². The number of Topliss-reactive ketones (excluding diaryl/α,β-unsaturated/α-hetero) is 1. The molecule has 0 radical (unpaired) electrons. The summed E-state index contributed by atoms with van der Waals surface area (Å²) in [6, 6.07) is 10.9. The Hall–Kier alpha value is -2.36. The number of likely N-dealkylation sites (tertiary alicyclic amines) is 1. The number of phenolic OH excluding ortho intramolecular Hbond substituents is 1. The monoisotopic (exact) mass is 283 g/mol. The van der Waals surface area contributed by atoms with Crippen LogP contribution in [-0.4, -0.2) is 34.8 Å². The van der Waals surface area contributed by atoms with Crippen molar-refractivity contribution in [2.45, 2.75) is 13.3 Å². The van der Waals surface area contributed by atoms with E-state index < -0.39 is 0 Å². The highest BCUT2D eigenvalue weighted by Gasteiger charge is 2.28. The van der Waals surface area contributed by atoms with E-state index in [4.69, 9.17) is 0 Å². The number of rotatable bonds is 1. The van der Waals surface area contributed by atoms with E-state index in [-0.39, 0.29) is 23.4 Å². The van der Waals surface area contributed by atoms with Gasteiger partial charge in [-0.3, -0.25) is 9.59 Å². The van der Waals surface area contributed by atoms with Crippen LogP contribution < -0.4 is 0 Å². The molecule has 4 nitrogen and oxygen atoms in total. The molecule has 2 aromatic rings. The van der Waals surface area contributed by atoms with Crippen molar-refractivity contribution in [2.75, 3.05) is 13.1 Å². The van der Waals surface area contributed by atoms with Gasteiger partial charge in [0, 0.05) is 30.8 Å². The van der Waals surface area contributed by atoms with Crippen molar-refractivity contribution in [1.29, 1.82) is 0 Å². The Labute approximate surface area is 123 Å². The molecule has 1 heterocycles. The van der Waals surface area contributed by atoms with Crippen molar-refractivity contribution in [3.05, 3.63) is 42.0 Å². The van der Waals surface area contributed by atoms with Crippen LogP contribution in [0.25, 0.3) is 10.8 Å². The molecule has 0 aliphatic carbocycles. The first-order chi connectivity index (χ1) is 10.1. The lowest BCUT2D eigenvalue weighted by Crippen LogP contribution is -2.43. The Morgan fingerprint density at radius 2 is 2.00 bits per heavy atom. The van der Waals surface area contributed by atoms with Crippen LogP contribution in [0.15, 0.2) is 36.4 Å². The van der Waals surface area contributed by atoms with E-state index in [1.54, 1.807) is 17.0 Å². The van der Waals surface area contributed by atoms with Crippen LogP contribution in [0.3, 0.4) is 0 Å². The van der Waals surface area contributed by atoms with Gasteiger partial charge in [0.1, 0.15) is 11.5 Å². The highest BCUT2D eigenvalue weighted by Crippen LogP contribution is 2.30. The molecule has 21 heavy (non-hydrogen) atoms. The lowest BCUT2D eigenvalue weighted by atomic mass is 9.97. The molecule has 0 spiro atoms. The van der Waals surface area contributed by atoms with Gasteiger partial charge in [0.05, 0.1) is 5.56 Å². The Morgan fingerprint density at radius 1 is 1.24 bits per heavy atom. The van der Waals surface area contributed by atoms with E-state index in [2.05, 4.69) is 0 Å². The zero-order chi connectivity index (χ0) is 15.0. The van der Waals surface area contributed by atoms with E-state index in [1.165, 1.54) is 0 Å². The molecule has 108 valence electrons. The minimum absolute atomic E-state index is 0.0163. The minimum atomic E-state index is -0.211. The molecule has 1 amide bonds. The zero-order valence-corrected chi connectivity index (χ0v) is 11.9. The second-order valence-corrected chi connectivity index (χ2v) is 5.55. The summed E-state index contributed by atoms with van der Waals surface area (Å²) in [7, 11) is 0. The smallest absolute Gasteiger partial charge is 0.257 e. The van der Waals surface area contributed by atoms with E-state index in [0.29, 0.717) is 30.5 Å². The summed E-state index contributed by atoms with van der Waals surface area (Å²) >= 11 is 0. The normalized spacial score (nSPS) is 19.0. The van der Waals surface area contributed by atoms with Gasteiger partial charge in [0.25, 0.3) is 5.91 Å². The standard InChI is InChI=1S/C17H17NO3/c1-11-10-18(9-8-15(11)19)17(21)14-7-6-12-4-2-3-5-13(12)16(14)20/h2-7,11,20H,8-10H2,1H3/t11-/m0/s1. The van der Waals surface area contributed by atoms with Crippen molar-refractivity contribution in [3.63, 3.8) is 0 Å². The Balaban J connectivity index is 1.95. The topological polar surface area (TPSA) is 57.6 Å². The largest absolute Gasteiger partial charge is 0.506 e. The maximum atomic E-state index is 12.6. The number of phenols is 1. The Bertz CT molecular complexity index is 723. The average molecular weight is 283 g/mol. The third-order valence-corrected chi connectivity index (χ3v) is 4.09. The molecule has 1 atom stereocenters. The van der Waals surface area contributed by atoms with Crippen molar-refractivity contribution in [3.8, 4) is 5.75 Å². The molecule has 0 aromatic heterocycles. The number of carbonyl (C=O) groups excluding carboxylic acids is 2.